The molecule has 1 aromatic rings. The van der Waals surface area contributed by atoms with Crippen LogP contribution in [0.1, 0.15) is 56.3 Å². The van der Waals surface area contributed by atoms with Crippen molar-refractivity contribution < 1.29 is 38.1 Å². The number of amides is 1. The molecule has 0 radical (unpaired) electrons. The van der Waals surface area contributed by atoms with Crippen LogP contribution >= 0.6 is 0 Å². The lowest BCUT2D eigenvalue weighted by Gasteiger charge is -2.49. The molecule has 4 rings (SSSR count). The molecule has 10 heteroatoms. The summed E-state index contributed by atoms with van der Waals surface area (Å²) in [5.41, 5.74) is 0.477. The summed E-state index contributed by atoms with van der Waals surface area (Å²) < 4.78 is 21.5. The van der Waals surface area contributed by atoms with E-state index in [2.05, 4.69) is 4.90 Å². The molecule has 2 aliphatic heterocycles. The molecule has 3 aliphatic rings. The molecule has 3 fully saturated rings. The highest BCUT2D eigenvalue weighted by Crippen LogP contribution is 2.41. The predicted molar refractivity (Wildman–Crippen MR) is 141 cm³/mol. The maximum absolute atomic E-state index is 12.8. The van der Waals surface area contributed by atoms with Crippen molar-refractivity contribution in [2.75, 3.05) is 40.0 Å². The molecule has 1 saturated carbocycles. The number of methoxy groups -OCH3 is 1. The molecule has 4 unspecified atom stereocenters. The van der Waals surface area contributed by atoms with Crippen LogP contribution in [0.25, 0.3) is 0 Å². The highest BCUT2D eigenvalue weighted by atomic mass is 16.6. The van der Waals surface area contributed by atoms with E-state index >= 15 is 0 Å². The van der Waals surface area contributed by atoms with Crippen molar-refractivity contribution in [1.82, 2.24) is 9.80 Å². The van der Waals surface area contributed by atoms with Crippen LogP contribution in [0.15, 0.2) is 30.3 Å². The van der Waals surface area contributed by atoms with Crippen LogP contribution in [-0.2, 0) is 28.5 Å². The van der Waals surface area contributed by atoms with Gasteiger partial charge in [-0.2, -0.15) is 0 Å². The highest BCUT2D eigenvalue weighted by molar-refractivity contribution is 5.89. The van der Waals surface area contributed by atoms with Gasteiger partial charge in [0, 0.05) is 32.1 Å². The number of hydrogen-bond acceptors (Lipinski definition) is 9. The minimum atomic E-state index is -0.675. The molecule has 214 valence electrons. The number of carbonyl (C=O) groups is 4. The van der Waals surface area contributed by atoms with E-state index in [4.69, 9.17) is 18.9 Å². The lowest BCUT2D eigenvalue weighted by atomic mass is 9.70. The van der Waals surface area contributed by atoms with Crippen LogP contribution in [0.2, 0.25) is 0 Å². The summed E-state index contributed by atoms with van der Waals surface area (Å²) >= 11 is 0. The summed E-state index contributed by atoms with van der Waals surface area (Å²) in [5, 5.41) is 0. The third-order valence-electron chi connectivity index (χ3n) is 8.27. The summed E-state index contributed by atoms with van der Waals surface area (Å²) in [6.45, 7) is 5.60. The Bertz CT molecular complexity index is 1020. The van der Waals surface area contributed by atoms with Crippen molar-refractivity contribution in [3.8, 4) is 0 Å². The first-order valence-electron chi connectivity index (χ1n) is 14.0. The summed E-state index contributed by atoms with van der Waals surface area (Å²) in [5.74, 6) is -1.00. The van der Waals surface area contributed by atoms with Crippen molar-refractivity contribution in [1.29, 1.82) is 0 Å². The lowest BCUT2D eigenvalue weighted by molar-refractivity contribution is -0.155. The van der Waals surface area contributed by atoms with Gasteiger partial charge in [-0.1, -0.05) is 18.2 Å². The van der Waals surface area contributed by atoms with Crippen LogP contribution in [0.3, 0.4) is 0 Å². The van der Waals surface area contributed by atoms with Crippen LogP contribution in [0, 0.1) is 17.8 Å². The monoisotopic (exact) mass is 544 g/mol. The Hall–Kier alpha value is -3.14. The maximum Gasteiger partial charge on any atom is 0.410 e. The van der Waals surface area contributed by atoms with E-state index in [1.54, 1.807) is 38.1 Å². The minimum absolute atomic E-state index is 0.161. The van der Waals surface area contributed by atoms with E-state index < -0.39 is 36.1 Å². The normalized spacial score (nSPS) is 29.1. The smallest absolute Gasteiger partial charge is 0.410 e. The second-order valence-corrected chi connectivity index (χ2v) is 10.6. The summed E-state index contributed by atoms with van der Waals surface area (Å²) in [7, 11) is 1.32. The van der Waals surface area contributed by atoms with E-state index in [1.807, 2.05) is 6.07 Å². The zero-order valence-electron chi connectivity index (χ0n) is 23.1. The van der Waals surface area contributed by atoms with Crippen LogP contribution < -0.4 is 0 Å². The molecule has 2 saturated heterocycles. The number of esters is 3. The molecule has 0 N–H and O–H groups in total. The van der Waals surface area contributed by atoms with Crippen molar-refractivity contribution in [3.63, 3.8) is 0 Å². The van der Waals surface area contributed by atoms with Gasteiger partial charge in [0.1, 0.15) is 12.1 Å². The number of piperidine rings is 2. The van der Waals surface area contributed by atoms with Gasteiger partial charge in [-0.3, -0.25) is 14.6 Å². The van der Waals surface area contributed by atoms with Crippen molar-refractivity contribution in [2.45, 2.75) is 64.1 Å². The molecule has 1 amide bonds. The molecule has 2 heterocycles. The third-order valence-corrected chi connectivity index (χ3v) is 8.27. The summed E-state index contributed by atoms with van der Waals surface area (Å²) in [6.07, 6.45) is 2.58. The number of rotatable bonds is 7. The zero-order chi connectivity index (χ0) is 27.9. The molecule has 0 bridgehead atoms. The topological polar surface area (TPSA) is 112 Å². The van der Waals surface area contributed by atoms with E-state index in [1.165, 1.54) is 12.0 Å². The minimum Gasteiger partial charge on any atom is -0.466 e. The Labute approximate surface area is 229 Å². The fraction of sp³-hybridized carbons (Fsp3) is 0.655. The standard InChI is InChI=1S/C29H40N2O8/c1-4-37-26(32)22-14-24(39-27(33)19-9-7-6-8-10-19)18-30(16-22)23-12-11-20-17-31(29(35)36-3)25(15-21(20)13-23)28(34)38-5-2/h6-10,20-25H,4-5,11-18H2,1-3H3/t20?,21?,22-,23?,24-,25?/m1/s1. The van der Waals surface area contributed by atoms with Crippen molar-refractivity contribution in [3.05, 3.63) is 35.9 Å². The molecule has 0 aromatic heterocycles. The van der Waals surface area contributed by atoms with Gasteiger partial charge in [-0.05, 0) is 63.5 Å². The molecular weight excluding hydrogens is 504 g/mol. The fourth-order valence-electron chi connectivity index (χ4n) is 6.43. The first-order valence-corrected chi connectivity index (χ1v) is 14.0. The molecule has 0 spiro atoms. The quantitative estimate of drug-likeness (QED) is 0.377. The Morgan fingerprint density at radius 1 is 0.846 bits per heavy atom. The van der Waals surface area contributed by atoms with E-state index in [9.17, 15) is 19.2 Å². The zero-order valence-corrected chi connectivity index (χ0v) is 23.1. The Morgan fingerprint density at radius 3 is 2.26 bits per heavy atom. The number of nitrogens with zero attached hydrogens (tertiary/aromatic N) is 2. The first kappa shape index (κ1) is 28.9. The maximum atomic E-state index is 12.8. The van der Waals surface area contributed by atoms with E-state index in [-0.39, 0.29) is 30.5 Å². The third kappa shape index (κ3) is 6.90. The van der Waals surface area contributed by atoms with Crippen molar-refractivity contribution in [2.24, 2.45) is 17.8 Å². The summed E-state index contributed by atoms with van der Waals surface area (Å²) in [4.78, 5) is 54.6. The SMILES string of the molecule is CCOC(=O)C1CC2CC(N3C[C@H](OC(=O)c4ccccc4)C[C@@H](C(=O)OCC)C3)CCC2CN1C(=O)OC. The van der Waals surface area contributed by atoms with Gasteiger partial charge < -0.3 is 18.9 Å². The van der Waals surface area contributed by atoms with E-state index in [0.717, 1.165) is 19.3 Å². The average Bonchev–Trinajstić information content (AvgIpc) is 2.96. The predicted octanol–water partition coefficient (Wildman–Crippen LogP) is 3.29. The second kappa shape index (κ2) is 13.3. The molecule has 1 aliphatic carbocycles. The van der Waals surface area contributed by atoms with Gasteiger partial charge in [-0.15, -0.1) is 0 Å². The van der Waals surface area contributed by atoms with Gasteiger partial charge in [0.2, 0.25) is 0 Å². The van der Waals surface area contributed by atoms with Gasteiger partial charge in [-0.25, -0.2) is 14.4 Å². The Morgan fingerprint density at radius 2 is 1.56 bits per heavy atom. The largest absolute Gasteiger partial charge is 0.466 e. The fourth-order valence-corrected chi connectivity index (χ4v) is 6.43. The number of fused-ring (bicyclic) bond motifs is 1. The Kier molecular flexibility index (Phi) is 9.83. The first-order chi connectivity index (χ1) is 18.8. The molecule has 39 heavy (non-hydrogen) atoms. The molecular formula is C29H40N2O8. The molecule has 1 aromatic carbocycles. The summed E-state index contributed by atoms with van der Waals surface area (Å²) in [6, 6.07) is 8.34. The van der Waals surface area contributed by atoms with Gasteiger partial charge in [0.15, 0.2) is 0 Å². The Balaban J connectivity index is 1.47. The molecule has 10 nitrogen and oxygen atoms in total. The number of carbonyl (C=O) groups excluding carboxylic acids is 4. The number of hydrogen-bond donors (Lipinski definition) is 0. The van der Waals surface area contributed by atoms with Crippen LogP contribution in [-0.4, -0.2) is 91.9 Å². The van der Waals surface area contributed by atoms with Crippen LogP contribution in [0.4, 0.5) is 4.79 Å². The van der Waals surface area contributed by atoms with E-state index in [0.29, 0.717) is 44.6 Å². The average molecular weight is 545 g/mol. The van der Waals surface area contributed by atoms with Crippen molar-refractivity contribution >= 4 is 24.0 Å². The number of likely N-dealkylation sites (tertiary alicyclic amines) is 2. The second-order valence-electron chi connectivity index (χ2n) is 10.6. The number of ether oxygens (including phenoxy) is 4. The lowest BCUT2D eigenvalue weighted by Crippen LogP contribution is -2.58. The highest BCUT2D eigenvalue weighted by Gasteiger charge is 2.47. The van der Waals surface area contributed by atoms with Gasteiger partial charge in [0.05, 0.1) is 31.8 Å². The molecule has 6 atom stereocenters. The van der Waals surface area contributed by atoms with Crippen LogP contribution in [0.5, 0.6) is 0 Å². The van der Waals surface area contributed by atoms with Gasteiger partial charge >= 0.3 is 24.0 Å². The number of benzene rings is 1. The van der Waals surface area contributed by atoms with Gasteiger partial charge in [0.25, 0.3) is 0 Å².